The van der Waals surface area contributed by atoms with Crippen LogP contribution in [-0.4, -0.2) is 11.0 Å². The lowest BCUT2D eigenvalue weighted by Gasteiger charge is -2.21. The van der Waals surface area contributed by atoms with E-state index in [2.05, 4.69) is 20.9 Å². The van der Waals surface area contributed by atoms with E-state index in [0.29, 0.717) is 22.3 Å². The Morgan fingerprint density at radius 3 is 2.35 bits per heavy atom. The monoisotopic (exact) mass is 498 g/mol. The molecule has 0 aliphatic carbocycles. The van der Waals surface area contributed by atoms with Crippen LogP contribution in [0.2, 0.25) is 5.02 Å². The van der Waals surface area contributed by atoms with Gasteiger partial charge in [-0.2, -0.15) is 5.26 Å². The van der Waals surface area contributed by atoms with Gasteiger partial charge < -0.3 is 9.47 Å². The van der Waals surface area contributed by atoms with E-state index in [1.54, 1.807) is 54.6 Å². The third-order valence-electron chi connectivity index (χ3n) is 4.55. The van der Waals surface area contributed by atoms with Crippen molar-refractivity contribution < 1.29 is 14.3 Å². The molecule has 1 aromatic heterocycles. The van der Waals surface area contributed by atoms with E-state index in [9.17, 15) is 10.1 Å². The van der Waals surface area contributed by atoms with Crippen LogP contribution in [0.15, 0.2) is 71.2 Å². The number of benzene rings is 2. The molecule has 0 spiro atoms. The zero-order chi connectivity index (χ0) is 22.4. The Labute approximate surface area is 194 Å². The second kappa shape index (κ2) is 10.4. The average molecular weight is 500 g/mol. The molecule has 0 saturated carbocycles. The van der Waals surface area contributed by atoms with Crippen LogP contribution in [0.4, 0.5) is 0 Å². The SMILES string of the molecule is CC(C)C(C(=O)OC(C#N)c1cccc(Oc2ccc(Br)cc2)n1)c1ccc(Cl)cc1. The molecule has 2 atom stereocenters. The Morgan fingerprint density at radius 2 is 1.74 bits per heavy atom. The smallest absolute Gasteiger partial charge is 0.315 e. The summed E-state index contributed by atoms with van der Waals surface area (Å²) in [5.74, 6) is -0.163. The number of halogens is 2. The van der Waals surface area contributed by atoms with Gasteiger partial charge in [0.05, 0.1) is 11.6 Å². The molecule has 0 amide bonds. The normalized spacial score (nSPS) is 12.6. The maximum atomic E-state index is 13.0. The lowest BCUT2D eigenvalue weighted by Crippen LogP contribution is -2.23. The number of esters is 1. The van der Waals surface area contributed by atoms with Gasteiger partial charge in [-0.3, -0.25) is 4.79 Å². The molecule has 0 saturated heterocycles. The number of nitriles is 1. The first-order valence-corrected chi connectivity index (χ1v) is 10.8. The van der Waals surface area contributed by atoms with E-state index in [1.165, 1.54) is 0 Å². The fourth-order valence-corrected chi connectivity index (χ4v) is 3.45. The fourth-order valence-electron chi connectivity index (χ4n) is 3.06. The Morgan fingerprint density at radius 1 is 1.06 bits per heavy atom. The fraction of sp³-hybridized carbons (Fsp3) is 0.208. The van der Waals surface area contributed by atoms with Crippen molar-refractivity contribution in [3.8, 4) is 17.7 Å². The molecule has 3 aromatic rings. The van der Waals surface area contributed by atoms with Crippen molar-refractivity contribution in [2.45, 2.75) is 25.9 Å². The molecule has 0 aliphatic heterocycles. The topological polar surface area (TPSA) is 72.2 Å². The van der Waals surface area contributed by atoms with Gasteiger partial charge in [0.15, 0.2) is 0 Å². The van der Waals surface area contributed by atoms with Gasteiger partial charge >= 0.3 is 5.97 Å². The zero-order valence-corrected chi connectivity index (χ0v) is 19.3. The number of nitrogens with zero attached hydrogens (tertiary/aromatic N) is 2. The molecule has 158 valence electrons. The third kappa shape index (κ3) is 6.06. The first kappa shape index (κ1) is 22.8. The number of carbonyl (C=O) groups excluding carboxylic acids is 1. The van der Waals surface area contributed by atoms with E-state index in [4.69, 9.17) is 21.1 Å². The maximum absolute atomic E-state index is 13.0. The van der Waals surface area contributed by atoms with Crippen molar-refractivity contribution in [2.75, 3.05) is 0 Å². The Hall–Kier alpha value is -2.88. The summed E-state index contributed by atoms with van der Waals surface area (Å²) in [5, 5.41) is 10.2. The van der Waals surface area contributed by atoms with Crippen molar-refractivity contribution in [1.29, 1.82) is 5.26 Å². The van der Waals surface area contributed by atoms with Gasteiger partial charge in [0.25, 0.3) is 0 Å². The molecule has 3 rings (SSSR count). The lowest BCUT2D eigenvalue weighted by atomic mass is 9.88. The van der Waals surface area contributed by atoms with Crippen molar-refractivity contribution >= 4 is 33.5 Å². The van der Waals surface area contributed by atoms with E-state index < -0.39 is 18.0 Å². The van der Waals surface area contributed by atoms with Gasteiger partial charge in [-0.15, -0.1) is 0 Å². The van der Waals surface area contributed by atoms with Gasteiger partial charge in [-0.1, -0.05) is 59.6 Å². The summed E-state index contributed by atoms with van der Waals surface area (Å²) < 4.78 is 12.2. The van der Waals surface area contributed by atoms with E-state index in [1.807, 2.05) is 32.0 Å². The first-order valence-electron chi connectivity index (χ1n) is 9.63. The second-order valence-corrected chi connectivity index (χ2v) is 8.53. The Bertz CT molecular complexity index is 1080. The molecule has 7 heteroatoms. The maximum Gasteiger partial charge on any atom is 0.315 e. The van der Waals surface area contributed by atoms with Crippen LogP contribution < -0.4 is 4.74 Å². The third-order valence-corrected chi connectivity index (χ3v) is 5.33. The van der Waals surface area contributed by atoms with E-state index in [0.717, 1.165) is 10.0 Å². The molecule has 0 N–H and O–H groups in total. The molecular weight excluding hydrogens is 480 g/mol. The summed E-state index contributed by atoms with van der Waals surface area (Å²) >= 11 is 9.33. The van der Waals surface area contributed by atoms with Gasteiger partial charge in [0, 0.05) is 15.6 Å². The summed E-state index contributed by atoms with van der Waals surface area (Å²) in [6, 6.07) is 21.3. The summed E-state index contributed by atoms with van der Waals surface area (Å²) in [6.07, 6.45) is -1.16. The van der Waals surface area contributed by atoms with Crippen molar-refractivity contribution in [3.63, 3.8) is 0 Å². The zero-order valence-electron chi connectivity index (χ0n) is 17.0. The summed E-state index contributed by atoms with van der Waals surface area (Å²) in [6.45, 7) is 3.85. The summed E-state index contributed by atoms with van der Waals surface area (Å²) in [5.41, 5.74) is 1.07. The minimum Gasteiger partial charge on any atom is -0.440 e. The highest BCUT2D eigenvalue weighted by Crippen LogP contribution is 2.30. The summed E-state index contributed by atoms with van der Waals surface area (Å²) in [4.78, 5) is 17.3. The van der Waals surface area contributed by atoms with Crippen LogP contribution in [0.25, 0.3) is 0 Å². The molecule has 0 radical (unpaired) electrons. The molecule has 31 heavy (non-hydrogen) atoms. The highest BCUT2D eigenvalue weighted by atomic mass is 79.9. The summed E-state index contributed by atoms with van der Waals surface area (Å²) in [7, 11) is 0. The highest BCUT2D eigenvalue weighted by molar-refractivity contribution is 9.10. The van der Waals surface area contributed by atoms with Crippen molar-refractivity contribution in [2.24, 2.45) is 5.92 Å². The lowest BCUT2D eigenvalue weighted by molar-refractivity contribution is -0.150. The van der Waals surface area contributed by atoms with Crippen LogP contribution in [0.1, 0.15) is 37.1 Å². The molecule has 0 bridgehead atoms. The van der Waals surface area contributed by atoms with Crippen LogP contribution in [0.5, 0.6) is 11.6 Å². The number of carbonyl (C=O) groups is 1. The number of aromatic nitrogens is 1. The number of pyridine rings is 1. The quantitative estimate of drug-likeness (QED) is 0.333. The minimum absolute atomic E-state index is 0.0342. The molecule has 5 nitrogen and oxygen atoms in total. The average Bonchev–Trinajstić information content (AvgIpc) is 2.75. The van der Waals surface area contributed by atoms with Crippen molar-refractivity contribution in [1.82, 2.24) is 4.98 Å². The number of rotatable bonds is 7. The Kier molecular flexibility index (Phi) is 7.67. The predicted molar refractivity (Wildman–Crippen MR) is 122 cm³/mol. The van der Waals surface area contributed by atoms with E-state index >= 15 is 0 Å². The van der Waals surface area contributed by atoms with Crippen LogP contribution in [0.3, 0.4) is 0 Å². The second-order valence-electron chi connectivity index (χ2n) is 7.18. The van der Waals surface area contributed by atoms with Gasteiger partial charge in [-0.25, -0.2) is 4.98 Å². The standard InChI is InChI=1S/C24H20BrClN2O3/c1-15(2)23(16-6-10-18(26)11-7-16)24(29)31-21(14-27)20-4-3-5-22(28-20)30-19-12-8-17(25)9-13-19/h3-13,15,21,23H,1-2H3. The molecule has 2 unspecified atom stereocenters. The molecule has 2 aromatic carbocycles. The van der Waals surface area contributed by atoms with Gasteiger partial charge in [0.2, 0.25) is 12.0 Å². The Balaban J connectivity index is 1.78. The molecular formula is C24H20BrClN2O3. The van der Waals surface area contributed by atoms with Gasteiger partial charge in [0.1, 0.15) is 11.8 Å². The van der Waals surface area contributed by atoms with Crippen LogP contribution in [0, 0.1) is 17.2 Å². The molecule has 0 aliphatic rings. The van der Waals surface area contributed by atoms with E-state index in [-0.39, 0.29) is 5.92 Å². The molecule has 0 fully saturated rings. The number of hydrogen-bond donors (Lipinski definition) is 0. The molecule has 1 heterocycles. The minimum atomic E-state index is -1.16. The van der Waals surface area contributed by atoms with Crippen molar-refractivity contribution in [3.05, 3.63) is 87.5 Å². The van der Waals surface area contributed by atoms with Crippen LogP contribution in [-0.2, 0) is 9.53 Å². The number of hydrogen-bond acceptors (Lipinski definition) is 5. The van der Waals surface area contributed by atoms with Gasteiger partial charge in [-0.05, 0) is 53.9 Å². The largest absolute Gasteiger partial charge is 0.440 e. The first-order chi connectivity index (χ1) is 14.9. The predicted octanol–water partition coefficient (Wildman–Crippen LogP) is 6.84. The van der Waals surface area contributed by atoms with Crippen LogP contribution >= 0.6 is 27.5 Å². The highest BCUT2D eigenvalue weighted by Gasteiger charge is 2.29. The number of ether oxygens (including phenoxy) is 2.